The molecule has 0 spiro atoms. The maximum absolute atomic E-state index is 5.67. The van der Waals surface area contributed by atoms with Gasteiger partial charge in [0.05, 0.1) is 0 Å². The smallest absolute Gasteiger partial charge is 0.188 e. The fraction of sp³-hybridized carbons (Fsp3) is 0.250. The molecule has 0 aliphatic rings. The third kappa shape index (κ3) is 2.78. The molecule has 11 heavy (non-hydrogen) atoms. The van der Waals surface area contributed by atoms with Gasteiger partial charge in [0, 0.05) is 12.1 Å². The molecule has 3 heteroatoms. The third-order valence-electron chi connectivity index (χ3n) is 1.07. The van der Waals surface area contributed by atoms with Gasteiger partial charge >= 0.3 is 0 Å². The van der Waals surface area contributed by atoms with Crippen molar-refractivity contribution < 1.29 is 9.47 Å². The molecule has 0 aliphatic heterocycles. The zero-order valence-electron chi connectivity index (χ0n) is 6.13. The summed E-state index contributed by atoms with van der Waals surface area (Å²) in [5.74, 6) is 0.666. The van der Waals surface area contributed by atoms with E-state index in [2.05, 4.69) is 6.07 Å². The van der Waals surface area contributed by atoms with E-state index >= 15 is 0 Å². The average Bonchev–Trinajstić information content (AvgIpc) is 2.01. The molecule has 0 fully saturated rings. The van der Waals surface area contributed by atoms with Gasteiger partial charge in [0.25, 0.3) is 0 Å². The molecule has 2 nitrogen and oxygen atoms in total. The van der Waals surface area contributed by atoms with Gasteiger partial charge in [0.1, 0.15) is 5.75 Å². The van der Waals surface area contributed by atoms with Gasteiger partial charge in [-0.1, -0.05) is 11.6 Å². The van der Waals surface area contributed by atoms with Crippen LogP contribution in [0.1, 0.15) is 0 Å². The second-order valence-corrected chi connectivity index (χ2v) is 2.37. The van der Waals surface area contributed by atoms with E-state index in [0.29, 0.717) is 10.8 Å². The van der Waals surface area contributed by atoms with E-state index in [1.807, 2.05) is 0 Å². The van der Waals surface area contributed by atoms with Crippen LogP contribution in [-0.4, -0.2) is 13.9 Å². The molecule has 1 aromatic rings. The predicted octanol–water partition coefficient (Wildman–Crippen LogP) is 2.12. The van der Waals surface area contributed by atoms with E-state index in [1.54, 1.807) is 25.3 Å². The first kappa shape index (κ1) is 8.37. The minimum atomic E-state index is 0.230. The van der Waals surface area contributed by atoms with E-state index in [1.165, 1.54) is 0 Å². The lowest BCUT2D eigenvalue weighted by atomic mass is 10.3. The number of ether oxygens (including phenoxy) is 2. The quantitative estimate of drug-likeness (QED) is 0.649. The van der Waals surface area contributed by atoms with Crippen LogP contribution in [0.4, 0.5) is 0 Å². The summed E-state index contributed by atoms with van der Waals surface area (Å²) in [4.78, 5) is 0. The summed E-state index contributed by atoms with van der Waals surface area (Å²) in [6.07, 6.45) is 0. The molecule has 0 amide bonds. The summed E-state index contributed by atoms with van der Waals surface area (Å²) in [5.41, 5.74) is 0. The van der Waals surface area contributed by atoms with E-state index in [-0.39, 0.29) is 6.79 Å². The highest BCUT2D eigenvalue weighted by Crippen LogP contribution is 2.16. The lowest BCUT2D eigenvalue weighted by Gasteiger charge is -2.03. The van der Waals surface area contributed by atoms with E-state index in [0.717, 1.165) is 0 Å². The van der Waals surface area contributed by atoms with Gasteiger partial charge in [0.15, 0.2) is 6.79 Å². The number of hydrogen-bond acceptors (Lipinski definition) is 2. The normalized spacial score (nSPS) is 9.64. The Bertz CT molecular complexity index is 225. The molecule has 1 radical (unpaired) electrons. The molecule has 0 heterocycles. The fourth-order valence-corrected chi connectivity index (χ4v) is 0.803. The van der Waals surface area contributed by atoms with Crippen LogP contribution in [-0.2, 0) is 4.74 Å². The Morgan fingerprint density at radius 3 is 3.00 bits per heavy atom. The molecule has 0 aliphatic carbocycles. The maximum Gasteiger partial charge on any atom is 0.188 e. The van der Waals surface area contributed by atoms with E-state index < -0.39 is 0 Å². The molecule has 0 N–H and O–H groups in total. The highest BCUT2D eigenvalue weighted by atomic mass is 35.5. The molecule has 0 saturated carbocycles. The molecule has 1 rings (SSSR count). The minimum absolute atomic E-state index is 0.230. The van der Waals surface area contributed by atoms with Crippen molar-refractivity contribution in [3.63, 3.8) is 0 Å². The standard InChI is InChI=1S/C8H8ClO2/c1-10-6-11-8-4-2-3-7(9)5-8/h3-5H,6H2,1H3. The Kier molecular flexibility index (Phi) is 3.20. The van der Waals surface area contributed by atoms with Crippen molar-refractivity contribution in [2.75, 3.05) is 13.9 Å². The first-order chi connectivity index (χ1) is 5.33. The van der Waals surface area contributed by atoms with Crippen LogP contribution >= 0.6 is 11.6 Å². The molecule has 0 atom stereocenters. The Hall–Kier alpha value is -0.730. The Labute approximate surface area is 70.7 Å². The van der Waals surface area contributed by atoms with Gasteiger partial charge in [-0.05, 0) is 24.3 Å². The Morgan fingerprint density at radius 1 is 1.55 bits per heavy atom. The topological polar surface area (TPSA) is 18.5 Å². The summed E-state index contributed by atoms with van der Waals surface area (Å²) < 4.78 is 9.80. The zero-order chi connectivity index (χ0) is 8.10. The minimum Gasteiger partial charge on any atom is -0.467 e. The van der Waals surface area contributed by atoms with E-state index in [9.17, 15) is 0 Å². The van der Waals surface area contributed by atoms with Gasteiger partial charge in [-0.25, -0.2) is 0 Å². The lowest BCUT2D eigenvalue weighted by molar-refractivity contribution is 0.0511. The average molecular weight is 172 g/mol. The zero-order valence-corrected chi connectivity index (χ0v) is 6.89. The van der Waals surface area contributed by atoms with Gasteiger partial charge in [-0.15, -0.1) is 0 Å². The van der Waals surface area contributed by atoms with E-state index in [4.69, 9.17) is 21.1 Å². The van der Waals surface area contributed by atoms with Crippen molar-refractivity contribution in [1.82, 2.24) is 0 Å². The van der Waals surface area contributed by atoms with Crippen molar-refractivity contribution in [3.8, 4) is 5.75 Å². The number of rotatable bonds is 3. The second kappa shape index (κ2) is 4.21. The first-order valence-corrected chi connectivity index (χ1v) is 3.49. The number of methoxy groups -OCH3 is 1. The highest BCUT2D eigenvalue weighted by molar-refractivity contribution is 6.30. The fourth-order valence-electron chi connectivity index (χ4n) is 0.633. The number of halogens is 1. The van der Waals surface area contributed by atoms with Crippen LogP contribution in [0.15, 0.2) is 18.2 Å². The summed E-state index contributed by atoms with van der Waals surface area (Å²) in [7, 11) is 1.56. The largest absolute Gasteiger partial charge is 0.467 e. The molecule has 0 saturated heterocycles. The monoisotopic (exact) mass is 171 g/mol. The second-order valence-electron chi connectivity index (χ2n) is 1.94. The Morgan fingerprint density at radius 2 is 2.36 bits per heavy atom. The van der Waals surface area contributed by atoms with Crippen LogP contribution in [0, 0.1) is 6.07 Å². The number of benzene rings is 1. The van der Waals surface area contributed by atoms with Gasteiger partial charge in [-0.2, -0.15) is 0 Å². The van der Waals surface area contributed by atoms with Crippen LogP contribution in [0.25, 0.3) is 0 Å². The van der Waals surface area contributed by atoms with Crippen LogP contribution in [0.2, 0.25) is 5.02 Å². The van der Waals surface area contributed by atoms with Gasteiger partial charge < -0.3 is 9.47 Å². The molecule has 1 aromatic carbocycles. The maximum atomic E-state index is 5.67. The first-order valence-electron chi connectivity index (χ1n) is 3.11. The molecule has 0 aromatic heterocycles. The summed E-state index contributed by atoms with van der Waals surface area (Å²) in [6, 6.07) is 7.90. The van der Waals surface area contributed by atoms with Crippen LogP contribution < -0.4 is 4.74 Å². The SMILES string of the molecule is COCOc1c[c]cc(Cl)c1. The van der Waals surface area contributed by atoms with Crippen molar-refractivity contribution >= 4 is 11.6 Å². The van der Waals surface area contributed by atoms with Gasteiger partial charge in [0.2, 0.25) is 0 Å². The number of hydrogen-bond donors (Lipinski definition) is 0. The molecule has 59 valence electrons. The van der Waals surface area contributed by atoms with Crippen molar-refractivity contribution in [3.05, 3.63) is 29.3 Å². The summed E-state index contributed by atoms with van der Waals surface area (Å²) in [6.45, 7) is 0.230. The highest BCUT2D eigenvalue weighted by Gasteiger charge is 1.92. The molecule has 0 bridgehead atoms. The third-order valence-corrected chi connectivity index (χ3v) is 1.29. The lowest BCUT2D eigenvalue weighted by Crippen LogP contribution is -1.98. The van der Waals surface area contributed by atoms with Crippen molar-refractivity contribution in [2.24, 2.45) is 0 Å². The van der Waals surface area contributed by atoms with Crippen molar-refractivity contribution in [1.29, 1.82) is 0 Å². The predicted molar refractivity (Wildman–Crippen MR) is 42.8 cm³/mol. The van der Waals surface area contributed by atoms with Crippen molar-refractivity contribution in [2.45, 2.75) is 0 Å². The summed E-state index contributed by atoms with van der Waals surface area (Å²) >= 11 is 5.67. The molecular formula is C8H8ClO2. The Balaban J connectivity index is 2.56. The molecule has 0 unspecified atom stereocenters. The summed E-state index contributed by atoms with van der Waals surface area (Å²) in [5, 5.41) is 0.610. The van der Waals surface area contributed by atoms with Gasteiger partial charge in [-0.3, -0.25) is 0 Å². The van der Waals surface area contributed by atoms with Crippen LogP contribution in [0.5, 0.6) is 5.75 Å². The molecular weight excluding hydrogens is 164 g/mol. The van der Waals surface area contributed by atoms with Crippen LogP contribution in [0.3, 0.4) is 0 Å².